The minimum absolute atomic E-state index is 0.0924. The second-order valence-electron chi connectivity index (χ2n) is 5.19. The van der Waals surface area contributed by atoms with Gasteiger partial charge in [0.2, 0.25) is 5.91 Å². The van der Waals surface area contributed by atoms with Gasteiger partial charge < -0.3 is 5.32 Å². The zero-order chi connectivity index (χ0) is 17.8. The van der Waals surface area contributed by atoms with Crippen molar-refractivity contribution in [3.63, 3.8) is 0 Å². The van der Waals surface area contributed by atoms with Gasteiger partial charge in [0.25, 0.3) is 5.91 Å². The molecule has 2 amide bonds. The SMILES string of the molecule is CCN1C(=O)/C(=C\c2ccc(NC(C)=O)cc2)SC1=Nn1cnnc1. The van der Waals surface area contributed by atoms with E-state index in [1.54, 1.807) is 17.0 Å². The molecule has 0 radical (unpaired) electrons. The van der Waals surface area contributed by atoms with Gasteiger partial charge in [-0.05, 0) is 42.5 Å². The number of carbonyl (C=O) groups excluding carboxylic acids is 2. The Morgan fingerprint density at radius 3 is 2.56 bits per heavy atom. The van der Waals surface area contributed by atoms with Crippen LogP contribution in [0.4, 0.5) is 5.69 Å². The van der Waals surface area contributed by atoms with Crippen molar-refractivity contribution >= 4 is 40.5 Å². The van der Waals surface area contributed by atoms with Gasteiger partial charge in [0.1, 0.15) is 12.7 Å². The molecular formula is C16H16N6O2S. The number of benzene rings is 1. The van der Waals surface area contributed by atoms with Gasteiger partial charge in [0.15, 0.2) is 5.17 Å². The monoisotopic (exact) mass is 356 g/mol. The summed E-state index contributed by atoms with van der Waals surface area (Å²) in [6, 6.07) is 7.28. The van der Waals surface area contributed by atoms with Crippen molar-refractivity contribution in [2.75, 3.05) is 11.9 Å². The quantitative estimate of drug-likeness (QED) is 0.846. The topological polar surface area (TPSA) is 92.5 Å². The highest BCUT2D eigenvalue weighted by atomic mass is 32.2. The van der Waals surface area contributed by atoms with Crippen LogP contribution in [0.3, 0.4) is 0 Å². The zero-order valence-corrected chi connectivity index (χ0v) is 14.5. The second-order valence-corrected chi connectivity index (χ2v) is 6.20. The summed E-state index contributed by atoms with van der Waals surface area (Å²) in [5.74, 6) is -0.216. The average molecular weight is 356 g/mol. The van der Waals surface area contributed by atoms with Crippen LogP contribution >= 0.6 is 11.8 Å². The van der Waals surface area contributed by atoms with Crippen molar-refractivity contribution in [3.8, 4) is 0 Å². The summed E-state index contributed by atoms with van der Waals surface area (Å²) in [5.41, 5.74) is 1.58. The fourth-order valence-corrected chi connectivity index (χ4v) is 3.27. The van der Waals surface area contributed by atoms with Gasteiger partial charge in [0, 0.05) is 19.2 Å². The summed E-state index contributed by atoms with van der Waals surface area (Å²) in [5, 5.41) is 15.0. The number of thioether (sulfide) groups is 1. The Morgan fingerprint density at radius 1 is 1.28 bits per heavy atom. The van der Waals surface area contributed by atoms with Crippen LogP contribution in [0.5, 0.6) is 0 Å². The van der Waals surface area contributed by atoms with Crippen LogP contribution in [-0.2, 0) is 9.59 Å². The Balaban J connectivity index is 1.83. The lowest BCUT2D eigenvalue weighted by Gasteiger charge is -2.11. The summed E-state index contributed by atoms with van der Waals surface area (Å²) in [4.78, 5) is 25.8. The van der Waals surface area contributed by atoms with E-state index in [0.717, 1.165) is 5.56 Å². The maximum atomic E-state index is 12.6. The Morgan fingerprint density at radius 2 is 1.96 bits per heavy atom. The summed E-state index contributed by atoms with van der Waals surface area (Å²) < 4.78 is 1.46. The van der Waals surface area contributed by atoms with E-state index in [0.29, 0.717) is 22.3 Å². The number of hydrogen-bond acceptors (Lipinski definition) is 6. The lowest BCUT2D eigenvalue weighted by molar-refractivity contribution is -0.122. The maximum absolute atomic E-state index is 12.6. The number of anilines is 1. The van der Waals surface area contributed by atoms with Crippen LogP contribution in [0.15, 0.2) is 46.9 Å². The molecule has 2 aromatic rings. The third kappa shape index (κ3) is 3.94. The standard InChI is InChI=1S/C16H16N6O2S/c1-3-22-15(24)14(25-16(22)20-21-9-17-18-10-21)8-12-4-6-13(7-5-12)19-11(2)23/h4-10H,3H2,1-2H3,(H,19,23)/b14-8+,20-16?. The molecule has 0 bridgehead atoms. The molecule has 9 heteroatoms. The molecule has 0 aliphatic carbocycles. The largest absolute Gasteiger partial charge is 0.326 e. The molecule has 1 fully saturated rings. The van der Waals surface area contributed by atoms with Crippen LogP contribution in [0, 0.1) is 0 Å². The lowest BCUT2D eigenvalue weighted by atomic mass is 10.2. The summed E-state index contributed by atoms with van der Waals surface area (Å²) in [6.45, 7) is 3.87. The van der Waals surface area contributed by atoms with Crippen LogP contribution in [0.2, 0.25) is 0 Å². The zero-order valence-electron chi connectivity index (χ0n) is 13.7. The van der Waals surface area contributed by atoms with E-state index in [2.05, 4.69) is 20.6 Å². The first-order chi connectivity index (χ1) is 12.1. The third-order valence-corrected chi connectivity index (χ3v) is 4.34. The summed E-state index contributed by atoms with van der Waals surface area (Å²) >= 11 is 1.30. The molecule has 1 aromatic heterocycles. The number of hydrogen-bond donors (Lipinski definition) is 1. The van der Waals surface area contributed by atoms with Crippen molar-refractivity contribution in [3.05, 3.63) is 47.4 Å². The smallest absolute Gasteiger partial charge is 0.266 e. The molecule has 25 heavy (non-hydrogen) atoms. The van der Waals surface area contributed by atoms with Gasteiger partial charge >= 0.3 is 0 Å². The molecule has 3 rings (SSSR count). The fourth-order valence-electron chi connectivity index (χ4n) is 2.22. The molecule has 0 spiro atoms. The Hall–Kier alpha value is -2.94. The molecule has 2 heterocycles. The average Bonchev–Trinajstić information content (AvgIpc) is 3.18. The number of nitrogens with one attached hydrogen (secondary N) is 1. The second kappa shape index (κ2) is 7.31. The molecule has 1 aliphatic heterocycles. The first kappa shape index (κ1) is 16.9. The number of amidine groups is 1. The van der Waals surface area contributed by atoms with E-state index in [1.807, 2.05) is 25.1 Å². The van der Waals surface area contributed by atoms with Crippen LogP contribution in [0.25, 0.3) is 6.08 Å². The molecule has 128 valence electrons. The number of nitrogens with zero attached hydrogens (tertiary/aromatic N) is 5. The maximum Gasteiger partial charge on any atom is 0.266 e. The molecule has 1 N–H and O–H groups in total. The van der Waals surface area contributed by atoms with E-state index in [-0.39, 0.29) is 11.8 Å². The first-order valence-electron chi connectivity index (χ1n) is 7.59. The highest BCUT2D eigenvalue weighted by Crippen LogP contribution is 2.32. The van der Waals surface area contributed by atoms with E-state index < -0.39 is 0 Å². The summed E-state index contributed by atoms with van der Waals surface area (Å²) in [6.07, 6.45) is 4.74. The van der Waals surface area contributed by atoms with E-state index in [1.165, 1.54) is 36.0 Å². The number of amides is 2. The van der Waals surface area contributed by atoms with E-state index in [4.69, 9.17) is 0 Å². The first-order valence-corrected chi connectivity index (χ1v) is 8.41. The third-order valence-electron chi connectivity index (χ3n) is 3.34. The van der Waals surface area contributed by atoms with Gasteiger partial charge in [-0.1, -0.05) is 12.1 Å². The molecule has 0 atom stereocenters. The van der Waals surface area contributed by atoms with Crippen molar-refractivity contribution < 1.29 is 9.59 Å². The number of rotatable bonds is 4. The van der Waals surface area contributed by atoms with E-state index in [9.17, 15) is 9.59 Å². The van der Waals surface area contributed by atoms with Gasteiger partial charge in [0.05, 0.1) is 4.91 Å². The van der Waals surface area contributed by atoms with E-state index >= 15 is 0 Å². The fraction of sp³-hybridized carbons (Fsp3) is 0.188. The van der Waals surface area contributed by atoms with Crippen molar-refractivity contribution in [1.82, 2.24) is 19.8 Å². The highest BCUT2D eigenvalue weighted by Gasteiger charge is 2.32. The Bertz CT molecular complexity index is 842. The number of carbonyl (C=O) groups is 2. The Kier molecular flexibility index (Phi) is 4.94. The molecule has 0 unspecified atom stereocenters. The number of likely N-dealkylation sites (N-methyl/N-ethyl adjacent to an activating group) is 1. The number of aromatic nitrogens is 3. The van der Waals surface area contributed by atoms with Gasteiger partial charge in [-0.15, -0.1) is 15.3 Å². The highest BCUT2D eigenvalue weighted by molar-refractivity contribution is 8.18. The van der Waals surface area contributed by atoms with Crippen LogP contribution < -0.4 is 5.32 Å². The van der Waals surface area contributed by atoms with Crippen LogP contribution in [-0.4, -0.2) is 43.3 Å². The predicted molar refractivity (Wildman–Crippen MR) is 96.6 cm³/mol. The minimum atomic E-state index is -0.124. The van der Waals surface area contributed by atoms with Crippen molar-refractivity contribution in [2.45, 2.75) is 13.8 Å². The lowest BCUT2D eigenvalue weighted by Crippen LogP contribution is -2.29. The van der Waals surface area contributed by atoms with Crippen LogP contribution in [0.1, 0.15) is 19.4 Å². The van der Waals surface area contributed by atoms with Gasteiger partial charge in [-0.3, -0.25) is 14.5 Å². The van der Waals surface area contributed by atoms with Crippen molar-refractivity contribution in [1.29, 1.82) is 0 Å². The summed E-state index contributed by atoms with van der Waals surface area (Å²) in [7, 11) is 0. The molecule has 1 aromatic carbocycles. The van der Waals surface area contributed by atoms with Gasteiger partial charge in [-0.25, -0.2) is 4.68 Å². The molecule has 1 saturated heterocycles. The minimum Gasteiger partial charge on any atom is -0.326 e. The Labute approximate surface area is 148 Å². The molecule has 8 nitrogen and oxygen atoms in total. The normalized spacial score (nSPS) is 17.5. The van der Waals surface area contributed by atoms with Gasteiger partial charge in [-0.2, -0.15) is 0 Å². The predicted octanol–water partition coefficient (Wildman–Crippen LogP) is 1.99. The molecular weight excluding hydrogens is 340 g/mol. The molecule has 0 saturated carbocycles. The molecule has 1 aliphatic rings. The van der Waals surface area contributed by atoms with Crippen molar-refractivity contribution in [2.24, 2.45) is 5.10 Å².